The minimum Gasteiger partial charge on any atom is -0.464 e. The fraction of sp³-hybridized carbons (Fsp3) is 0.923. The highest BCUT2D eigenvalue weighted by atomic mass is 16.5. The van der Waals surface area contributed by atoms with Crippen LogP contribution in [0, 0.1) is 0 Å². The summed E-state index contributed by atoms with van der Waals surface area (Å²) in [4.78, 5) is 25.2. The first-order chi connectivity index (χ1) is 14.6. The van der Waals surface area contributed by atoms with E-state index in [4.69, 9.17) is 4.74 Å². The van der Waals surface area contributed by atoms with Crippen molar-refractivity contribution in [3.8, 4) is 0 Å². The minimum atomic E-state index is -0.285. The first-order valence-electron chi connectivity index (χ1n) is 13.0. The Balaban J connectivity index is 3.33. The number of likely N-dealkylation sites (N-methyl/N-ethyl adjacent to an activating group) is 1. The molecule has 178 valence electrons. The van der Waals surface area contributed by atoms with Crippen molar-refractivity contribution in [3.05, 3.63) is 0 Å². The Bertz CT molecular complexity index is 398. The number of carbonyl (C=O) groups excluding carboxylic acids is 2. The zero-order valence-electron chi connectivity index (χ0n) is 20.5. The average Bonchev–Trinajstić information content (AvgIpc) is 2.73. The lowest BCUT2D eigenvalue weighted by molar-refractivity contribution is -0.148. The molecular formula is C26H51NO3. The summed E-state index contributed by atoms with van der Waals surface area (Å²) in [6.07, 6.45) is 23.5. The van der Waals surface area contributed by atoms with Crippen molar-refractivity contribution in [1.82, 2.24) is 4.90 Å². The van der Waals surface area contributed by atoms with Crippen molar-refractivity contribution >= 4 is 11.9 Å². The molecule has 0 N–H and O–H groups in total. The van der Waals surface area contributed by atoms with Gasteiger partial charge in [0.25, 0.3) is 0 Å². The monoisotopic (exact) mass is 425 g/mol. The Kier molecular flexibility index (Phi) is 21.8. The molecular weight excluding hydrogens is 374 g/mol. The van der Waals surface area contributed by atoms with Gasteiger partial charge in [-0.2, -0.15) is 0 Å². The predicted octanol–water partition coefficient (Wildman–Crippen LogP) is 7.44. The lowest BCUT2D eigenvalue weighted by atomic mass is 10.0. The van der Waals surface area contributed by atoms with E-state index in [1.807, 2.05) is 0 Å². The third-order valence-corrected chi connectivity index (χ3v) is 5.80. The van der Waals surface area contributed by atoms with Gasteiger partial charge in [-0.25, -0.2) is 0 Å². The fourth-order valence-corrected chi connectivity index (χ4v) is 3.70. The maximum atomic E-state index is 11.9. The van der Waals surface area contributed by atoms with Crippen LogP contribution in [0.5, 0.6) is 0 Å². The lowest BCUT2D eigenvalue weighted by Crippen LogP contribution is -2.33. The van der Waals surface area contributed by atoms with Crippen molar-refractivity contribution in [3.63, 3.8) is 0 Å². The lowest BCUT2D eigenvalue weighted by Gasteiger charge is -2.16. The van der Waals surface area contributed by atoms with Crippen LogP contribution in [0.4, 0.5) is 0 Å². The van der Waals surface area contributed by atoms with Crippen molar-refractivity contribution < 1.29 is 14.3 Å². The fourth-order valence-electron chi connectivity index (χ4n) is 3.70. The molecule has 0 aliphatic rings. The van der Waals surface area contributed by atoms with Gasteiger partial charge in [-0.05, 0) is 12.8 Å². The molecule has 0 radical (unpaired) electrons. The second kappa shape index (κ2) is 22.6. The Morgan fingerprint density at radius 3 is 1.47 bits per heavy atom. The number of hydrogen-bond donors (Lipinski definition) is 0. The summed E-state index contributed by atoms with van der Waals surface area (Å²) in [6, 6.07) is 0. The Hall–Kier alpha value is -1.06. The molecule has 0 heterocycles. The van der Waals surface area contributed by atoms with Gasteiger partial charge in [0.1, 0.15) is 6.54 Å². The van der Waals surface area contributed by atoms with Crippen molar-refractivity contribution in [2.45, 2.75) is 136 Å². The molecule has 0 fully saturated rings. The van der Waals surface area contributed by atoms with Crippen LogP contribution in [-0.4, -0.2) is 37.0 Å². The quantitative estimate of drug-likeness (QED) is 0.134. The second-order valence-electron chi connectivity index (χ2n) is 8.88. The molecule has 0 spiro atoms. The van der Waals surface area contributed by atoms with E-state index in [0.717, 1.165) is 32.1 Å². The van der Waals surface area contributed by atoms with Gasteiger partial charge in [0.05, 0.1) is 6.61 Å². The van der Waals surface area contributed by atoms with E-state index in [-0.39, 0.29) is 18.4 Å². The maximum Gasteiger partial charge on any atom is 0.325 e. The number of nitrogens with zero attached hydrogens (tertiary/aromatic N) is 1. The third kappa shape index (κ3) is 20.2. The van der Waals surface area contributed by atoms with E-state index in [2.05, 4.69) is 13.8 Å². The normalized spacial score (nSPS) is 10.9. The van der Waals surface area contributed by atoms with Crippen LogP contribution in [0.1, 0.15) is 136 Å². The predicted molar refractivity (Wildman–Crippen MR) is 128 cm³/mol. The first kappa shape index (κ1) is 28.9. The van der Waals surface area contributed by atoms with Crippen LogP contribution in [0.3, 0.4) is 0 Å². The van der Waals surface area contributed by atoms with Crippen LogP contribution in [0.25, 0.3) is 0 Å². The van der Waals surface area contributed by atoms with E-state index in [1.165, 1.54) is 88.4 Å². The van der Waals surface area contributed by atoms with Crippen LogP contribution in [0.15, 0.2) is 0 Å². The van der Waals surface area contributed by atoms with Crippen LogP contribution >= 0.6 is 0 Å². The van der Waals surface area contributed by atoms with E-state index in [0.29, 0.717) is 13.0 Å². The van der Waals surface area contributed by atoms with Crippen molar-refractivity contribution in [2.75, 3.05) is 20.2 Å². The molecule has 0 aromatic rings. The average molecular weight is 426 g/mol. The van der Waals surface area contributed by atoms with Crippen LogP contribution < -0.4 is 0 Å². The summed E-state index contributed by atoms with van der Waals surface area (Å²) in [5.74, 6) is -0.251. The molecule has 0 unspecified atom stereocenters. The van der Waals surface area contributed by atoms with Gasteiger partial charge in [0.15, 0.2) is 0 Å². The molecule has 1 amide bonds. The number of hydrogen-bond acceptors (Lipinski definition) is 3. The van der Waals surface area contributed by atoms with E-state index < -0.39 is 0 Å². The molecule has 0 atom stereocenters. The van der Waals surface area contributed by atoms with Gasteiger partial charge < -0.3 is 9.64 Å². The van der Waals surface area contributed by atoms with E-state index in [9.17, 15) is 9.59 Å². The van der Waals surface area contributed by atoms with E-state index >= 15 is 0 Å². The van der Waals surface area contributed by atoms with Gasteiger partial charge in [0.2, 0.25) is 5.91 Å². The highest BCUT2D eigenvalue weighted by molar-refractivity contribution is 5.81. The molecule has 30 heavy (non-hydrogen) atoms. The van der Waals surface area contributed by atoms with Crippen LogP contribution in [0.2, 0.25) is 0 Å². The van der Waals surface area contributed by atoms with Gasteiger partial charge >= 0.3 is 5.97 Å². The molecule has 0 aromatic carbocycles. The molecule has 0 saturated heterocycles. The topological polar surface area (TPSA) is 46.6 Å². The van der Waals surface area contributed by atoms with Crippen LogP contribution in [-0.2, 0) is 14.3 Å². The second-order valence-corrected chi connectivity index (χ2v) is 8.88. The molecule has 0 aliphatic heterocycles. The smallest absolute Gasteiger partial charge is 0.325 e. The van der Waals surface area contributed by atoms with Gasteiger partial charge in [-0.15, -0.1) is 0 Å². The number of carbonyl (C=O) groups is 2. The highest BCUT2D eigenvalue weighted by Gasteiger charge is 2.13. The number of unbranched alkanes of at least 4 members (excludes halogenated alkanes) is 16. The molecule has 0 aromatic heterocycles. The highest BCUT2D eigenvalue weighted by Crippen LogP contribution is 2.13. The molecule has 4 nitrogen and oxygen atoms in total. The number of rotatable bonds is 22. The van der Waals surface area contributed by atoms with E-state index in [1.54, 1.807) is 7.05 Å². The summed E-state index contributed by atoms with van der Waals surface area (Å²) >= 11 is 0. The summed E-state index contributed by atoms with van der Waals surface area (Å²) in [6.45, 7) is 4.94. The Morgan fingerprint density at radius 2 is 1.00 bits per heavy atom. The number of amides is 1. The van der Waals surface area contributed by atoms with Crippen molar-refractivity contribution in [1.29, 1.82) is 0 Å². The van der Waals surface area contributed by atoms with Gasteiger partial charge in [0, 0.05) is 13.5 Å². The summed E-state index contributed by atoms with van der Waals surface area (Å²) in [5.41, 5.74) is 0. The SMILES string of the molecule is CCCCCCCCCCCCCCCCCOC(=O)CN(C)C(=O)CCCCC. The number of esters is 1. The number of ether oxygens (including phenoxy) is 1. The molecule has 0 rings (SSSR count). The molecule has 0 saturated carbocycles. The molecule has 0 aliphatic carbocycles. The minimum absolute atomic E-state index is 0.0346. The molecule has 0 bridgehead atoms. The Labute approximate surface area is 187 Å². The molecule has 4 heteroatoms. The standard InChI is InChI=1S/C26H51NO3/c1-4-6-8-9-10-11-12-13-14-15-16-17-18-19-21-23-30-26(29)24-27(3)25(28)22-20-7-5-2/h4-24H2,1-3H3. The van der Waals surface area contributed by atoms with Crippen molar-refractivity contribution in [2.24, 2.45) is 0 Å². The third-order valence-electron chi connectivity index (χ3n) is 5.80. The van der Waals surface area contributed by atoms with Gasteiger partial charge in [-0.3, -0.25) is 9.59 Å². The van der Waals surface area contributed by atoms with Gasteiger partial charge in [-0.1, -0.05) is 117 Å². The zero-order valence-corrected chi connectivity index (χ0v) is 20.5. The Morgan fingerprint density at radius 1 is 0.600 bits per heavy atom. The summed E-state index contributed by atoms with van der Waals surface area (Å²) < 4.78 is 5.27. The first-order valence-corrected chi connectivity index (χ1v) is 13.0. The summed E-state index contributed by atoms with van der Waals surface area (Å²) in [7, 11) is 1.68. The largest absolute Gasteiger partial charge is 0.464 e. The zero-order chi connectivity index (χ0) is 22.3. The summed E-state index contributed by atoms with van der Waals surface area (Å²) in [5, 5.41) is 0. The maximum absolute atomic E-state index is 11.9.